The molecule has 0 radical (unpaired) electrons. The maximum atomic E-state index is 13.2. The van der Waals surface area contributed by atoms with Gasteiger partial charge in [0, 0.05) is 4.47 Å². The Kier molecular flexibility index (Phi) is 4.60. The van der Waals surface area contributed by atoms with Gasteiger partial charge in [-0.05, 0) is 51.3 Å². The highest BCUT2D eigenvalue weighted by Crippen LogP contribution is 2.35. The topological polar surface area (TPSA) is 20.2 Å². The van der Waals surface area contributed by atoms with Crippen LogP contribution in [-0.4, -0.2) is 5.11 Å². The van der Waals surface area contributed by atoms with E-state index >= 15 is 0 Å². The summed E-state index contributed by atoms with van der Waals surface area (Å²) in [6.45, 7) is 0. The smallest absolute Gasteiger partial charge is 0.384 e. The molecule has 0 saturated carbocycles. The van der Waals surface area contributed by atoms with Gasteiger partial charge in [-0.25, -0.2) is 4.39 Å². The SMILES string of the molecule is OC(c1ccc(Cl)c(Br)c1)c1ccc(F)c(C(F)(F)F)c1. The van der Waals surface area contributed by atoms with Crippen molar-refractivity contribution in [3.63, 3.8) is 0 Å². The first kappa shape index (κ1) is 16.3. The lowest BCUT2D eigenvalue weighted by Gasteiger charge is -2.15. The summed E-state index contributed by atoms with van der Waals surface area (Å²) in [4.78, 5) is 0. The zero-order valence-electron chi connectivity index (χ0n) is 10.3. The van der Waals surface area contributed by atoms with Crippen LogP contribution in [0.3, 0.4) is 0 Å². The van der Waals surface area contributed by atoms with Crippen molar-refractivity contribution >= 4 is 27.5 Å². The number of alkyl halides is 3. The fourth-order valence-corrected chi connectivity index (χ4v) is 2.32. The van der Waals surface area contributed by atoms with Gasteiger partial charge in [-0.2, -0.15) is 13.2 Å². The molecule has 0 fully saturated rings. The van der Waals surface area contributed by atoms with Gasteiger partial charge in [0.15, 0.2) is 0 Å². The molecule has 0 heterocycles. The van der Waals surface area contributed by atoms with E-state index in [1.807, 2.05) is 0 Å². The molecule has 1 atom stereocenters. The molecule has 7 heteroatoms. The Morgan fingerprint density at radius 3 is 2.19 bits per heavy atom. The second-order valence-electron chi connectivity index (χ2n) is 4.31. The summed E-state index contributed by atoms with van der Waals surface area (Å²) in [5, 5.41) is 10.5. The molecular formula is C14H8BrClF4O. The standard InChI is InChI=1S/C14H8BrClF4O/c15-10-6-8(1-3-11(10)16)13(21)7-2-4-12(17)9(5-7)14(18,19)20/h1-6,13,21H. The van der Waals surface area contributed by atoms with E-state index in [4.69, 9.17) is 11.6 Å². The van der Waals surface area contributed by atoms with Crippen molar-refractivity contribution in [3.05, 3.63) is 68.4 Å². The van der Waals surface area contributed by atoms with Crippen LogP contribution < -0.4 is 0 Å². The van der Waals surface area contributed by atoms with Crippen LogP contribution in [0.5, 0.6) is 0 Å². The van der Waals surface area contributed by atoms with E-state index in [-0.39, 0.29) is 5.56 Å². The molecule has 0 spiro atoms. The molecule has 1 N–H and O–H groups in total. The molecule has 0 amide bonds. The summed E-state index contributed by atoms with van der Waals surface area (Å²) >= 11 is 8.97. The third kappa shape index (κ3) is 3.56. The van der Waals surface area contributed by atoms with Gasteiger partial charge in [0.25, 0.3) is 0 Å². The molecule has 21 heavy (non-hydrogen) atoms. The van der Waals surface area contributed by atoms with E-state index < -0.39 is 23.7 Å². The Balaban J connectivity index is 2.44. The van der Waals surface area contributed by atoms with Gasteiger partial charge in [0.05, 0.1) is 10.6 Å². The van der Waals surface area contributed by atoms with E-state index in [0.29, 0.717) is 27.2 Å². The molecular weight excluding hydrogens is 376 g/mol. The first-order valence-corrected chi connectivity index (χ1v) is 6.87. The van der Waals surface area contributed by atoms with Crippen molar-refractivity contribution in [3.8, 4) is 0 Å². The molecule has 0 aromatic heterocycles. The third-order valence-electron chi connectivity index (χ3n) is 2.87. The van der Waals surface area contributed by atoms with Gasteiger partial charge < -0.3 is 5.11 Å². The molecule has 1 unspecified atom stereocenters. The van der Waals surface area contributed by atoms with Gasteiger partial charge in [0.1, 0.15) is 11.9 Å². The maximum Gasteiger partial charge on any atom is 0.419 e. The van der Waals surface area contributed by atoms with Crippen LogP contribution in [0.4, 0.5) is 17.6 Å². The number of hydrogen-bond acceptors (Lipinski definition) is 1. The Bertz CT molecular complexity index is 673. The summed E-state index contributed by atoms with van der Waals surface area (Å²) in [6.07, 6.45) is -6.14. The van der Waals surface area contributed by atoms with E-state index in [0.717, 1.165) is 6.07 Å². The molecule has 0 aliphatic carbocycles. The van der Waals surface area contributed by atoms with Crippen LogP contribution in [-0.2, 0) is 6.18 Å². The Hall–Kier alpha value is -1.11. The quantitative estimate of drug-likeness (QED) is 0.694. The molecule has 0 aliphatic rings. The molecule has 1 nitrogen and oxygen atoms in total. The van der Waals surface area contributed by atoms with Crippen molar-refractivity contribution in [2.24, 2.45) is 0 Å². The van der Waals surface area contributed by atoms with Gasteiger partial charge in [0.2, 0.25) is 0 Å². The zero-order valence-corrected chi connectivity index (χ0v) is 12.6. The van der Waals surface area contributed by atoms with E-state index in [1.54, 1.807) is 0 Å². The highest BCUT2D eigenvalue weighted by Gasteiger charge is 2.34. The largest absolute Gasteiger partial charge is 0.419 e. The zero-order chi connectivity index (χ0) is 15.8. The van der Waals surface area contributed by atoms with Crippen LogP contribution in [0.25, 0.3) is 0 Å². The predicted molar refractivity (Wildman–Crippen MR) is 74.6 cm³/mol. The lowest BCUT2D eigenvalue weighted by molar-refractivity contribution is -0.140. The first-order chi connectivity index (χ1) is 9.70. The Morgan fingerprint density at radius 2 is 1.62 bits per heavy atom. The Morgan fingerprint density at radius 1 is 1.05 bits per heavy atom. The summed E-state index contributed by atoms with van der Waals surface area (Å²) in [6, 6.07) is 6.86. The van der Waals surface area contributed by atoms with Crippen molar-refractivity contribution in [2.45, 2.75) is 12.3 Å². The van der Waals surface area contributed by atoms with Crippen molar-refractivity contribution in [1.29, 1.82) is 0 Å². The Labute approximate surface area is 131 Å². The lowest BCUT2D eigenvalue weighted by Crippen LogP contribution is -2.10. The van der Waals surface area contributed by atoms with Crippen LogP contribution in [0.2, 0.25) is 5.02 Å². The molecule has 0 bridgehead atoms. The third-order valence-corrected chi connectivity index (χ3v) is 4.08. The lowest BCUT2D eigenvalue weighted by atomic mass is 9.99. The van der Waals surface area contributed by atoms with Gasteiger partial charge >= 0.3 is 6.18 Å². The second-order valence-corrected chi connectivity index (χ2v) is 5.57. The normalized spacial score (nSPS) is 13.3. The molecule has 0 saturated heterocycles. The van der Waals surface area contributed by atoms with Crippen molar-refractivity contribution in [1.82, 2.24) is 0 Å². The molecule has 112 valence electrons. The van der Waals surface area contributed by atoms with Crippen molar-refractivity contribution in [2.75, 3.05) is 0 Å². The van der Waals surface area contributed by atoms with Gasteiger partial charge in [-0.1, -0.05) is 23.7 Å². The fraction of sp³-hybridized carbons (Fsp3) is 0.143. The number of halogens is 6. The minimum absolute atomic E-state index is 0.0575. The summed E-state index contributed by atoms with van der Waals surface area (Å²) < 4.78 is 51.7. The fourth-order valence-electron chi connectivity index (χ4n) is 1.81. The molecule has 2 aromatic rings. The minimum atomic E-state index is -4.82. The highest BCUT2D eigenvalue weighted by molar-refractivity contribution is 9.10. The highest BCUT2D eigenvalue weighted by atomic mass is 79.9. The van der Waals surface area contributed by atoms with Crippen molar-refractivity contribution < 1.29 is 22.7 Å². The monoisotopic (exact) mass is 382 g/mol. The van der Waals surface area contributed by atoms with Crippen LogP contribution >= 0.6 is 27.5 Å². The van der Waals surface area contributed by atoms with Gasteiger partial charge in [-0.15, -0.1) is 0 Å². The van der Waals surface area contributed by atoms with E-state index in [9.17, 15) is 22.7 Å². The number of rotatable bonds is 2. The maximum absolute atomic E-state index is 13.2. The molecule has 2 aromatic carbocycles. The number of hydrogen-bond donors (Lipinski definition) is 1. The van der Waals surface area contributed by atoms with E-state index in [2.05, 4.69) is 15.9 Å². The van der Waals surface area contributed by atoms with Crippen LogP contribution in [0, 0.1) is 5.82 Å². The number of benzene rings is 2. The summed E-state index contributed by atoms with van der Waals surface area (Å²) in [5.41, 5.74) is -1.13. The van der Waals surface area contributed by atoms with Crippen LogP contribution in [0.1, 0.15) is 22.8 Å². The molecule has 0 aliphatic heterocycles. The average molecular weight is 384 g/mol. The average Bonchev–Trinajstić information content (AvgIpc) is 2.40. The van der Waals surface area contributed by atoms with Gasteiger partial charge in [-0.3, -0.25) is 0 Å². The minimum Gasteiger partial charge on any atom is -0.384 e. The summed E-state index contributed by atoms with van der Waals surface area (Å²) in [7, 11) is 0. The predicted octanol–water partition coefficient (Wildman–Crippen LogP) is 5.34. The summed E-state index contributed by atoms with van der Waals surface area (Å²) in [5.74, 6) is -1.38. The number of aliphatic hydroxyl groups excluding tert-OH is 1. The number of aliphatic hydroxyl groups is 1. The van der Waals surface area contributed by atoms with E-state index in [1.165, 1.54) is 18.2 Å². The first-order valence-electron chi connectivity index (χ1n) is 5.70. The second kappa shape index (κ2) is 5.94. The van der Waals surface area contributed by atoms with Crippen LogP contribution in [0.15, 0.2) is 40.9 Å². The molecule has 2 rings (SSSR count).